The molecule has 4 heterocycles. The summed E-state index contributed by atoms with van der Waals surface area (Å²) in [5, 5.41) is 1.08. The molecule has 0 bridgehead atoms. The number of rotatable bonds is 3. The van der Waals surface area contributed by atoms with Crippen LogP contribution >= 0.6 is 0 Å². The number of pyridine rings is 2. The molecule has 0 saturated heterocycles. The average molecular weight is 494 g/mol. The van der Waals surface area contributed by atoms with Gasteiger partial charge in [-0.25, -0.2) is 4.98 Å². The predicted molar refractivity (Wildman–Crippen MR) is 147 cm³/mol. The molecule has 6 heteroatoms. The van der Waals surface area contributed by atoms with E-state index < -0.39 is 0 Å². The minimum Gasteiger partial charge on any atom is -0.493 e. The summed E-state index contributed by atoms with van der Waals surface area (Å²) >= 11 is 0. The second-order valence-electron chi connectivity index (χ2n) is 11.3. The topological polar surface area (TPSA) is 65.7 Å². The Morgan fingerprint density at radius 3 is 2.59 bits per heavy atom. The van der Waals surface area contributed by atoms with Crippen LogP contribution in [0.25, 0.3) is 16.7 Å². The maximum Gasteiger partial charge on any atom is 0.256 e. The minimum atomic E-state index is -0.339. The standard InChI is InChI=1S/C31H31N3O3/c1-18-13-25(32-23-10-8-7-9-21(18)23)34-17-19(11-12-26(34)35)28-27-20(15-30(2,3)33-28)14-24(36-6)29-22(27)16-31(4,5)37-29/h7-14,17H,15-16H2,1-6H3. The van der Waals surface area contributed by atoms with Crippen LogP contribution in [0.15, 0.2) is 64.5 Å². The summed E-state index contributed by atoms with van der Waals surface area (Å²) in [6.45, 7) is 10.5. The first-order chi connectivity index (χ1) is 17.5. The quantitative estimate of drug-likeness (QED) is 0.373. The Balaban J connectivity index is 1.57. The lowest BCUT2D eigenvalue weighted by Gasteiger charge is -2.31. The molecule has 0 aliphatic carbocycles. The number of aliphatic imine (C=N–C) groups is 1. The summed E-state index contributed by atoms with van der Waals surface area (Å²) in [6, 6.07) is 15.5. The van der Waals surface area contributed by atoms with Crippen LogP contribution in [0, 0.1) is 6.92 Å². The van der Waals surface area contributed by atoms with Gasteiger partial charge in [0.25, 0.3) is 5.56 Å². The Bertz CT molecular complexity index is 1680. The minimum absolute atomic E-state index is 0.133. The van der Waals surface area contributed by atoms with Crippen LogP contribution < -0.4 is 15.0 Å². The molecule has 2 aliphatic rings. The van der Waals surface area contributed by atoms with Crippen molar-refractivity contribution in [3.63, 3.8) is 0 Å². The van der Waals surface area contributed by atoms with Gasteiger partial charge in [-0.1, -0.05) is 18.2 Å². The normalized spacial score (nSPS) is 17.1. The van der Waals surface area contributed by atoms with E-state index in [0.717, 1.165) is 63.2 Å². The van der Waals surface area contributed by atoms with Crippen molar-refractivity contribution in [1.29, 1.82) is 0 Å². The van der Waals surface area contributed by atoms with Crippen LogP contribution in [-0.2, 0) is 12.8 Å². The fourth-order valence-electron chi connectivity index (χ4n) is 5.69. The van der Waals surface area contributed by atoms with Crippen molar-refractivity contribution in [2.24, 2.45) is 4.99 Å². The lowest BCUT2D eigenvalue weighted by atomic mass is 9.81. The molecule has 0 unspecified atom stereocenters. The number of hydrogen-bond acceptors (Lipinski definition) is 5. The van der Waals surface area contributed by atoms with Crippen LogP contribution in [0.2, 0.25) is 0 Å². The van der Waals surface area contributed by atoms with Crippen molar-refractivity contribution >= 4 is 16.6 Å². The van der Waals surface area contributed by atoms with Gasteiger partial charge in [0, 0.05) is 40.8 Å². The van der Waals surface area contributed by atoms with Gasteiger partial charge >= 0.3 is 0 Å². The molecule has 0 radical (unpaired) electrons. The number of aromatic nitrogens is 2. The molecule has 0 fully saturated rings. The molecular formula is C31H31N3O3. The summed E-state index contributed by atoms with van der Waals surface area (Å²) in [6.07, 6.45) is 3.42. The molecule has 37 heavy (non-hydrogen) atoms. The van der Waals surface area contributed by atoms with Gasteiger partial charge in [0.15, 0.2) is 11.5 Å². The van der Waals surface area contributed by atoms with Gasteiger partial charge < -0.3 is 9.47 Å². The second-order valence-corrected chi connectivity index (χ2v) is 11.3. The maximum atomic E-state index is 13.1. The molecule has 0 N–H and O–H groups in total. The molecule has 6 rings (SSSR count). The van der Waals surface area contributed by atoms with Crippen LogP contribution in [0.3, 0.4) is 0 Å². The molecule has 2 aromatic heterocycles. The van der Waals surface area contributed by atoms with Crippen LogP contribution in [0.4, 0.5) is 0 Å². The summed E-state index contributed by atoms with van der Waals surface area (Å²) < 4.78 is 13.7. The lowest BCUT2D eigenvalue weighted by molar-refractivity contribution is 0.134. The first-order valence-electron chi connectivity index (χ1n) is 12.7. The molecule has 0 atom stereocenters. The van der Waals surface area contributed by atoms with Crippen molar-refractivity contribution < 1.29 is 9.47 Å². The molecule has 0 amide bonds. The number of benzene rings is 2. The van der Waals surface area contributed by atoms with E-state index in [2.05, 4.69) is 39.8 Å². The summed E-state index contributed by atoms with van der Waals surface area (Å²) in [5.41, 5.74) is 6.29. The number of hydrogen-bond donors (Lipinski definition) is 0. The van der Waals surface area contributed by atoms with E-state index in [1.54, 1.807) is 17.7 Å². The highest BCUT2D eigenvalue weighted by atomic mass is 16.5. The fourth-order valence-corrected chi connectivity index (χ4v) is 5.69. The van der Waals surface area contributed by atoms with E-state index in [4.69, 9.17) is 19.5 Å². The van der Waals surface area contributed by atoms with Crippen molar-refractivity contribution in [3.05, 3.63) is 92.9 Å². The van der Waals surface area contributed by atoms with Crippen molar-refractivity contribution in [3.8, 4) is 17.3 Å². The van der Waals surface area contributed by atoms with E-state index in [1.807, 2.05) is 43.5 Å². The van der Waals surface area contributed by atoms with Gasteiger partial charge in [0.05, 0.1) is 23.9 Å². The smallest absolute Gasteiger partial charge is 0.256 e. The van der Waals surface area contributed by atoms with Gasteiger partial charge in [-0.05, 0) is 76.4 Å². The average Bonchev–Trinajstić information content (AvgIpc) is 3.17. The van der Waals surface area contributed by atoms with Crippen LogP contribution in [0.5, 0.6) is 11.5 Å². The lowest BCUT2D eigenvalue weighted by Crippen LogP contribution is -2.31. The zero-order valence-electron chi connectivity index (χ0n) is 22.2. The summed E-state index contributed by atoms with van der Waals surface area (Å²) in [7, 11) is 1.69. The number of methoxy groups -OCH3 is 1. The SMILES string of the molecule is COc1cc2c(c3c1OC(C)(C)C3)C(c1ccc(=O)n(-c3cc(C)c4ccccc4n3)c1)=NC(C)(C)C2. The Hall–Kier alpha value is -3.93. The monoisotopic (exact) mass is 493 g/mol. The van der Waals surface area contributed by atoms with Crippen molar-refractivity contribution in [2.75, 3.05) is 7.11 Å². The van der Waals surface area contributed by atoms with Gasteiger partial charge in [0.2, 0.25) is 0 Å². The maximum absolute atomic E-state index is 13.1. The third-order valence-corrected chi connectivity index (χ3v) is 7.24. The zero-order valence-corrected chi connectivity index (χ0v) is 22.2. The number of nitrogens with zero attached hydrogens (tertiary/aromatic N) is 3. The Morgan fingerprint density at radius 1 is 1.03 bits per heavy atom. The molecule has 188 valence electrons. The summed E-state index contributed by atoms with van der Waals surface area (Å²) in [5.74, 6) is 2.15. The molecule has 6 nitrogen and oxygen atoms in total. The highest BCUT2D eigenvalue weighted by Crippen LogP contribution is 2.47. The largest absolute Gasteiger partial charge is 0.493 e. The number of para-hydroxylation sites is 1. The molecule has 0 spiro atoms. The molecule has 0 saturated carbocycles. The molecule has 2 aromatic carbocycles. The number of aryl methyl sites for hydroxylation is 1. The van der Waals surface area contributed by atoms with E-state index in [1.165, 1.54) is 5.56 Å². The summed E-state index contributed by atoms with van der Waals surface area (Å²) in [4.78, 5) is 23.1. The molecule has 4 aromatic rings. The Morgan fingerprint density at radius 2 is 1.81 bits per heavy atom. The van der Waals surface area contributed by atoms with Gasteiger partial charge in [-0.2, -0.15) is 0 Å². The van der Waals surface area contributed by atoms with E-state index in [-0.39, 0.29) is 16.7 Å². The molecular weight excluding hydrogens is 462 g/mol. The number of ether oxygens (including phenoxy) is 2. The highest BCUT2D eigenvalue weighted by molar-refractivity contribution is 6.16. The van der Waals surface area contributed by atoms with Crippen LogP contribution in [0.1, 0.15) is 55.5 Å². The van der Waals surface area contributed by atoms with E-state index in [9.17, 15) is 4.79 Å². The Kier molecular flexibility index (Phi) is 5.10. The third-order valence-electron chi connectivity index (χ3n) is 7.24. The van der Waals surface area contributed by atoms with Gasteiger partial charge in [-0.3, -0.25) is 14.4 Å². The van der Waals surface area contributed by atoms with E-state index in [0.29, 0.717) is 5.82 Å². The number of fused-ring (bicyclic) bond motifs is 4. The fraction of sp³-hybridized carbons (Fsp3) is 0.323. The van der Waals surface area contributed by atoms with E-state index >= 15 is 0 Å². The predicted octanol–water partition coefficient (Wildman–Crippen LogP) is 5.59. The van der Waals surface area contributed by atoms with Crippen LogP contribution in [-0.4, -0.2) is 33.5 Å². The Labute approximate surface area is 216 Å². The third kappa shape index (κ3) is 3.91. The van der Waals surface area contributed by atoms with Gasteiger partial charge in [0.1, 0.15) is 11.4 Å². The zero-order chi connectivity index (χ0) is 26.1. The first-order valence-corrected chi connectivity index (χ1v) is 12.7. The highest BCUT2D eigenvalue weighted by Gasteiger charge is 2.39. The van der Waals surface area contributed by atoms with Crippen molar-refractivity contribution in [1.82, 2.24) is 9.55 Å². The molecule has 2 aliphatic heterocycles. The second kappa shape index (κ2) is 8.04. The van der Waals surface area contributed by atoms with Gasteiger partial charge in [-0.15, -0.1) is 0 Å². The first kappa shape index (κ1) is 23.5. The van der Waals surface area contributed by atoms with Crippen molar-refractivity contribution in [2.45, 2.75) is 58.6 Å².